The molecular formula is C17H22N2O2. The van der Waals surface area contributed by atoms with Gasteiger partial charge in [-0.1, -0.05) is 44.2 Å². The standard InChI is InChI=1S/C17H22N2O2/c1-17(2)14(10-15(17)21-3)19-16(20)13(11-18)9-12-7-5-4-6-8-12/h4-8,13-15H,9-10H2,1-3H3,(H,19,20). The molecule has 1 saturated carbocycles. The van der Waals surface area contributed by atoms with Crippen LogP contribution in [0.4, 0.5) is 0 Å². The Kier molecular flexibility index (Phi) is 4.64. The second kappa shape index (κ2) is 6.28. The van der Waals surface area contributed by atoms with E-state index in [2.05, 4.69) is 25.2 Å². The molecule has 112 valence electrons. The number of nitriles is 1. The highest BCUT2D eigenvalue weighted by atomic mass is 16.5. The van der Waals surface area contributed by atoms with Crippen LogP contribution in [-0.4, -0.2) is 25.2 Å². The van der Waals surface area contributed by atoms with Gasteiger partial charge in [-0.15, -0.1) is 0 Å². The van der Waals surface area contributed by atoms with Gasteiger partial charge in [-0.25, -0.2) is 0 Å². The Labute approximate surface area is 126 Å². The van der Waals surface area contributed by atoms with E-state index >= 15 is 0 Å². The number of amides is 1. The number of hydrogen-bond acceptors (Lipinski definition) is 3. The predicted octanol–water partition coefficient (Wildman–Crippen LogP) is 2.30. The number of carbonyl (C=O) groups is 1. The Morgan fingerprint density at radius 2 is 2.14 bits per heavy atom. The quantitative estimate of drug-likeness (QED) is 0.903. The van der Waals surface area contributed by atoms with E-state index in [-0.39, 0.29) is 23.5 Å². The lowest BCUT2D eigenvalue weighted by atomic mass is 9.64. The number of nitrogens with one attached hydrogen (secondary N) is 1. The molecule has 1 fully saturated rings. The van der Waals surface area contributed by atoms with Gasteiger partial charge in [0.1, 0.15) is 5.92 Å². The molecule has 0 aromatic heterocycles. The third kappa shape index (κ3) is 3.25. The largest absolute Gasteiger partial charge is 0.381 e. The van der Waals surface area contributed by atoms with Crippen molar-refractivity contribution in [2.45, 2.75) is 38.8 Å². The second-order valence-corrected chi connectivity index (χ2v) is 6.21. The van der Waals surface area contributed by atoms with Crippen molar-refractivity contribution in [1.82, 2.24) is 5.32 Å². The van der Waals surface area contributed by atoms with Crippen LogP contribution in [0.5, 0.6) is 0 Å². The van der Waals surface area contributed by atoms with Crippen molar-refractivity contribution in [3.8, 4) is 6.07 Å². The summed E-state index contributed by atoms with van der Waals surface area (Å²) in [6.07, 6.45) is 1.42. The minimum atomic E-state index is -0.648. The fourth-order valence-electron chi connectivity index (χ4n) is 2.85. The van der Waals surface area contributed by atoms with E-state index < -0.39 is 5.92 Å². The first kappa shape index (κ1) is 15.5. The highest BCUT2D eigenvalue weighted by molar-refractivity contribution is 5.81. The summed E-state index contributed by atoms with van der Waals surface area (Å²) in [6.45, 7) is 4.16. The maximum atomic E-state index is 12.3. The highest BCUT2D eigenvalue weighted by Gasteiger charge is 2.49. The molecule has 0 aliphatic heterocycles. The number of rotatable bonds is 5. The van der Waals surface area contributed by atoms with Crippen LogP contribution in [0.25, 0.3) is 0 Å². The van der Waals surface area contributed by atoms with Gasteiger partial charge in [0.25, 0.3) is 0 Å². The van der Waals surface area contributed by atoms with Crippen LogP contribution in [0.15, 0.2) is 30.3 Å². The molecular weight excluding hydrogens is 264 g/mol. The molecule has 1 N–H and O–H groups in total. The van der Waals surface area contributed by atoms with Crippen LogP contribution in [0.3, 0.4) is 0 Å². The average Bonchev–Trinajstić information content (AvgIpc) is 2.49. The van der Waals surface area contributed by atoms with E-state index in [9.17, 15) is 10.1 Å². The van der Waals surface area contributed by atoms with Gasteiger partial charge in [0.15, 0.2) is 0 Å². The van der Waals surface area contributed by atoms with Gasteiger partial charge in [-0.3, -0.25) is 4.79 Å². The molecule has 1 aliphatic rings. The summed E-state index contributed by atoms with van der Waals surface area (Å²) >= 11 is 0. The Balaban J connectivity index is 1.95. The zero-order valence-electron chi connectivity index (χ0n) is 12.8. The summed E-state index contributed by atoms with van der Waals surface area (Å²) in [5.41, 5.74) is 0.916. The van der Waals surface area contributed by atoms with Gasteiger partial charge in [-0.05, 0) is 18.4 Å². The maximum absolute atomic E-state index is 12.3. The fourth-order valence-corrected chi connectivity index (χ4v) is 2.85. The topological polar surface area (TPSA) is 62.1 Å². The van der Waals surface area contributed by atoms with E-state index in [0.29, 0.717) is 6.42 Å². The van der Waals surface area contributed by atoms with Gasteiger partial charge in [0.2, 0.25) is 5.91 Å². The van der Waals surface area contributed by atoms with Crippen molar-refractivity contribution >= 4 is 5.91 Å². The second-order valence-electron chi connectivity index (χ2n) is 6.21. The zero-order chi connectivity index (χ0) is 15.5. The van der Waals surface area contributed by atoms with Crippen molar-refractivity contribution in [1.29, 1.82) is 5.26 Å². The van der Waals surface area contributed by atoms with Crippen LogP contribution in [0.2, 0.25) is 0 Å². The molecule has 0 bridgehead atoms. The third-order valence-corrected chi connectivity index (χ3v) is 4.53. The Morgan fingerprint density at radius 3 is 2.67 bits per heavy atom. The number of carbonyl (C=O) groups excluding carboxylic acids is 1. The van der Waals surface area contributed by atoms with Crippen LogP contribution >= 0.6 is 0 Å². The van der Waals surface area contributed by atoms with Crippen molar-refractivity contribution < 1.29 is 9.53 Å². The van der Waals surface area contributed by atoms with Crippen molar-refractivity contribution in [2.75, 3.05) is 7.11 Å². The van der Waals surface area contributed by atoms with E-state index in [4.69, 9.17) is 4.74 Å². The third-order valence-electron chi connectivity index (χ3n) is 4.53. The highest BCUT2D eigenvalue weighted by Crippen LogP contribution is 2.42. The van der Waals surface area contributed by atoms with Gasteiger partial charge >= 0.3 is 0 Å². The molecule has 0 spiro atoms. The summed E-state index contributed by atoms with van der Waals surface area (Å²) in [5, 5.41) is 12.3. The van der Waals surface area contributed by atoms with Gasteiger partial charge in [0.05, 0.1) is 12.2 Å². The summed E-state index contributed by atoms with van der Waals surface area (Å²) in [5.74, 6) is -0.834. The smallest absolute Gasteiger partial charge is 0.237 e. The van der Waals surface area contributed by atoms with Crippen molar-refractivity contribution in [3.63, 3.8) is 0 Å². The molecule has 0 heterocycles. The SMILES string of the molecule is COC1CC(NC(=O)C(C#N)Cc2ccccc2)C1(C)C. The Bertz CT molecular complexity index is 533. The van der Waals surface area contributed by atoms with E-state index in [0.717, 1.165) is 12.0 Å². The Morgan fingerprint density at radius 1 is 1.48 bits per heavy atom. The molecule has 0 saturated heterocycles. The molecule has 1 aliphatic carbocycles. The monoisotopic (exact) mass is 286 g/mol. The minimum Gasteiger partial charge on any atom is -0.381 e. The normalized spacial score (nSPS) is 24.5. The number of nitrogens with zero attached hydrogens (tertiary/aromatic N) is 1. The minimum absolute atomic E-state index is 0.0709. The summed E-state index contributed by atoms with van der Waals surface area (Å²) in [7, 11) is 1.69. The molecule has 4 heteroatoms. The average molecular weight is 286 g/mol. The first-order valence-electron chi connectivity index (χ1n) is 7.25. The number of ether oxygens (including phenoxy) is 1. The summed E-state index contributed by atoms with van der Waals surface area (Å²) in [4.78, 5) is 12.3. The van der Waals surface area contributed by atoms with Crippen LogP contribution in [0.1, 0.15) is 25.8 Å². The van der Waals surface area contributed by atoms with Crippen LogP contribution < -0.4 is 5.32 Å². The number of methoxy groups -OCH3 is 1. The van der Waals surface area contributed by atoms with E-state index in [1.165, 1.54) is 0 Å². The van der Waals surface area contributed by atoms with Crippen LogP contribution in [-0.2, 0) is 16.0 Å². The molecule has 21 heavy (non-hydrogen) atoms. The molecule has 1 amide bonds. The van der Waals surface area contributed by atoms with E-state index in [1.54, 1.807) is 7.11 Å². The fraction of sp³-hybridized carbons (Fsp3) is 0.529. The molecule has 1 aromatic rings. The molecule has 4 nitrogen and oxygen atoms in total. The maximum Gasteiger partial charge on any atom is 0.237 e. The molecule has 1 aromatic carbocycles. The van der Waals surface area contributed by atoms with Crippen molar-refractivity contribution in [2.24, 2.45) is 11.3 Å². The van der Waals surface area contributed by atoms with Gasteiger partial charge in [0, 0.05) is 18.6 Å². The molecule has 2 rings (SSSR count). The lowest BCUT2D eigenvalue weighted by Crippen LogP contribution is -2.62. The molecule has 3 unspecified atom stereocenters. The predicted molar refractivity (Wildman–Crippen MR) is 80.4 cm³/mol. The zero-order valence-corrected chi connectivity index (χ0v) is 12.8. The lowest BCUT2D eigenvalue weighted by molar-refractivity contribution is -0.134. The first-order valence-corrected chi connectivity index (χ1v) is 7.25. The Hall–Kier alpha value is -1.86. The van der Waals surface area contributed by atoms with Crippen molar-refractivity contribution in [3.05, 3.63) is 35.9 Å². The lowest BCUT2D eigenvalue weighted by Gasteiger charge is -2.51. The number of benzene rings is 1. The van der Waals surface area contributed by atoms with Crippen LogP contribution in [0, 0.1) is 22.7 Å². The van der Waals surface area contributed by atoms with E-state index in [1.807, 2.05) is 30.3 Å². The van der Waals surface area contributed by atoms with Gasteiger partial charge < -0.3 is 10.1 Å². The summed E-state index contributed by atoms with van der Waals surface area (Å²) in [6, 6.07) is 11.8. The number of hydrogen-bond donors (Lipinski definition) is 1. The van der Waals surface area contributed by atoms with Gasteiger partial charge in [-0.2, -0.15) is 5.26 Å². The summed E-state index contributed by atoms with van der Waals surface area (Å²) < 4.78 is 5.38. The molecule has 0 radical (unpaired) electrons. The first-order chi connectivity index (χ1) is 9.98. The molecule has 3 atom stereocenters.